The van der Waals surface area contributed by atoms with Crippen LogP contribution in [0.4, 0.5) is 17.5 Å². The van der Waals surface area contributed by atoms with Crippen LogP contribution >= 0.6 is 0 Å². The van der Waals surface area contributed by atoms with Gasteiger partial charge in [0.2, 0.25) is 5.95 Å². The number of H-pyrrole nitrogens is 2. The van der Waals surface area contributed by atoms with Crippen molar-refractivity contribution in [2.75, 3.05) is 30.4 Å². The van der Waals surface area contributed by atoms with E-state index in [0.717, 1.165) is 33.4 Å². The molecule has 122 valence electrons. The molecule has 8 heteroatoms. The Balaban J connectivity index is 1.72. The van der Waals surface area contributed by atoms with Crippen LogP contribution in [-0.2, 0) is 0 Å². The molecule has 4 N–H and O–H groups in total. The van der Waals surface area contributed by atoms with Gasteiger partial charge in [0, 0.05) is 30.9 Å². The quantitative estimate of drug-likeness (QED) is 0.448. The van der Waals surface area contributed by atoms with Crippen LogP contribution in [-0.4, -0.2) is 50.5 Å². The van der Waals surface area contributed by atoms with Gasteiger partial charge >= 0.3 is 0 Å². The van der Waals surface area contributed by atoms with Gasteiger partial charge in [-0.1, -0.05) is 0 Å². The number of fused-ring (bicyclic) bond motifs is 2. The molecule has 0 aliphatic rings. The molecule has 0 amide bonds. The van der Waals surface area contributed by atoms with Crippen LogP contribution < -0.4 is 10.2 Å². The number of aromatic nitrogens is 5. The zero-order valence-corrected chi connectivity index (χ0v) is 13.1. The summed E-state index contributed by atoms with van der Waals surface area (Å²) in [7, 11) is 1.89. The van der Waals surface area contributed by atoms with Crippen LogP contribution in [0.3, 0.4) is 0 Å². The highest BCUT2D eigenvalue weighted by Crippen LogP contribution is 2.26. The van der Waals surface area contributed by atoms with Crippen molar-refractivity contribution in [1.82, 2.24) is 25.1 Å². The van der Waals surface area contributed by atoms with Crippen molar-refractivity contribution in [2.24, 2.45) is 0 Å². The zero-order valence-electron chi connectivity index (χ0n) is 13.1. The molecule has 1 aromatic carbocycles. The van der Waals surface area contributed by atoms with Crippen molar-refractivity contribution >= 4 is 39.4 Å². The summed E-state index contributed by atoms with van der Waals surface area (Å²) in [5, 5.41) is 21.3. The van der Waals surface area contributed by atoms with Gasteiger partial charge < -0.3 is 20.3 Å². The Morgan fingerprint density at radius 3 is 3.04 bits per heavy atom. The molecule has 3 aromatic heterocycles. The van der Waals surface area contributed by atoms with Gasteiger partial charge in [-0.05, 0) is 24.3 Å². The van der Waals surface area contributed by atoms with Gasteiger partial charge in [-0.3, -0.25) is 5.10 Å². The molecule has 0 fully saturated rings. The number of nitrogens with one attached hydrogen (secondary N) is 3. The standard InChI is InChI=1S/C16H17N7O/c1-23(6-7-24)15-12-4-5-17-14(12)20-16(21-15)19-11-3-2-10-9-18-22-13(10)8-11/h2-5,8-9,24H,6-7H2,1H3,(H,18,22)(H2,17,19,20,21). The minimum absolute atomic E-state index is 0.0612. The van der Waals surface area contributed by atoms with E-state index >= 15 is 0 Å². The fraction of sp³-hybridized carbons (Fsp3) is 0.188. The maximum atomic E-state index is 9.19. The summed E-state index contributed by atoms with van der Waals surface area (Å²) < 4.78 is 0. The molecular weight excluding hydrogens is 306 g/mol. The van der Waals surface area contributed by atoms with Crippen LogP contribution in [0, 0.1) is 0 Å². The zero-order chi connectivity index (χ0) is 16.5. The first-order chi connectivity index (χ1) is 11.7. The first-order valence-electron chi connectivity index (χ1n) is 7.62. The van der Waals surface area contributed by atoms with Crippen molar-refractivity contribution in [1.29, 1.82) is 0 Å². The number of aliphatic hydroxyl groups excluding tert-OH is 1. The number of hydrogen-bond acceptors (Lipinski definition) is 6. The number of hydrogen-bond donors (Lipinski definition) is 4. The molecule has 0 saturated carbocycles. The van der Waals surface area contributed by atoms with E-state index in [9.17, 15) is 5.11 Å². The number of rotatable bonds is 5. The normalized spacial score (nSPS) is 11.2. The van der Waals surface area contributed by atoms with Crippen molar-refractivity contribution in [3.63, 3.8) is 0 Å². The number of aliphatic hydroxyl groups is 1. The van der Waals surface area contributed by atoms with Crippen molar-refractivity contribution in [2.45, 2.75) is 0 Å². The average Bonchev–Trinajstić information content (AvgIpc) is 3.22. The van der Waals surface area contributed by atoms with Crippen LogP contribution in [0.2, 0.25) is 0 Å². The molecule has 3 heterocycles. The van der Waals surface area contributed by atoms with Crippen LogP contribution in [0.25, 0.3) is 21.9 Å². The lowest BCUT2D eigenvalue weighted by molar-refractivity contribution is 0.304. The molecule has 0 aliphatic heterocycles. The highest BCUT2D eigenvalue weighted by atomic mass is 16.3. The van der Waals surface area contributed by atoms with E-state index in [2.05, 4.69) is 30.5 Å². The van der Waals surface area contributed by atoms with Gasteiger partial charge in [0.05, 0.1) is 23.7 Å². The predicted molar refractivity (Wildman–Crippen MR) is 93.6 cm³/mol. The molecule has 24 heavy (non-hydrogen) atoms. The summed E-state index contributed by atoms with van der Waals surface area (Å²) in [6.45, 7) is 0.558. The van der Waals surface area contributed by atoms with Crippen LogP contribution in [0.15, 0.2) is 36.7 Å². The lowest BCUT2D eigenvalue weighted by atomic mass is 10.2. The molecule has 0 aliphatic carbocycles. The Hall–Kier alpha value is -3.13. The average molecular weight is 323 g/mol. The van der Waals surface area contributed by atoms with Gasteiger partial charge in [0.25, 0.3) is 0 Å². The Morgan fingerprint density at radius 1 is 1.25 bits per heavy atom. The third kappa shape index (κ3) is 2.52. The summed E-state index contributed by atoms with van der Waals surface area (Å²) in [5.74, 6) is 1.25. The maximum absolute atomic E-state index is 9.19. The molecule has 4 aromatic rings. The fourth-order valence-corrected chi connectivity index (χ4v) is 2.67. The highest BCUT2D eigenvalue weighted by molar-refractivity contribution is 5.89. The minimum Gasteiger partial charge on any atom is -0.395 e. The molecule has 0 spiro atoms. The summed E-state index contributed by atoms with van der Waals surface area (Å²) in [4.78, 5) is 14.1. The predicted octanol–water partition coefficient (Wildman–Crippen LogP) is 2.01. The van der Waals surface area contributed by atoms with Crippen molar-refractivity contribution in [3.05, 3.63) is 36.7 Å². The minimum atomic E-state index is 0.0612. The van der Waals surface area contributed by atoms with Gasteiger partial charge in [-0.25, -0.2) is 0 Å². The molecule has 0 unspecified atom stereocenters. The second-order valence-electron chi connectivity index (χ2n) is 5.55. The van der Waals surface area contributed by atoms with Crippen molar-refractivity contribution in [3.8, 4) is 0 Å². The van der Waals surface area contributed by atoms with Crippen LogP contribution in [0.5, 0.6) is 0 Å². The second-order valence-corrected chi connectivity index (χ2v) is 5.55. The van der Waals surface area contributed by atoms with Gasteiger partial charge in [0.1, 0.15) is 11.5 Å². The third-order valence-electron chi connectivity index (χ3n) is 3.89. The first kappa shape index (κ1) is 14.5. The lowest BCUT2D eigenvalue weighted by Gasteiger charge is -2.18. The molecule has 0 radical (unpaired) electrons. The summed E-state index contributed by atoms with van der Waals surface area (Å²) >= 11 is 0. The Labute approximate surface area is 137 Å². The van der Waals surface area contributed by atoms with Gasteiger partial charge in [-0.15, -0.1) is 0 Å². The van der Waals surface area contributed by atoms with E-state index in [0.29, 0.717) is 12.5 Å². The number of likely N-dealkylation sites (N-methyl/N-ethyl adjacent to an activating group) is 1. The molecule has 8 nitrogen and oxygen atoms in total. The molecule has 0 bridgehead atoms. The topological polar surface area (TPSA) is 106 Å². The lowest BCUT2D eigenvalue weighted by Crippen LogP contribution is -2.22. The summed E-state index contributed by atoms with van der Waals surface area (Å²) in [5.41, 5.74) is 2.56. The summed E-state index contributed by atoms with van der Waals surface area (Å²) in [6.07, 6.45) is 3.61. The van der Waals surface area contributed by atoms with E-state index in [-0.39, 0.29) is 6.61 Å². The van der Waals surface area contributed by atoms with Gasteiger partial charge in [-0.2, -0.15) is 15.1 Å². The molecule has 0 atom stereocenters. The van der Waals surface area contributed by atoms with E-state index in [1.165, 1.54) is 0 Å². The third-order valence-corrected chi connectivity index (χ3v) is 3.89. The number of aromatic amines is 2. The number of nitrogens with zero attached hydrogens (tertiary/aromatic N) is 4. The molecule has 4 rings (SSSR count). The van der Waals surface area contributed by atoms with E-state index in [4.69, 9.17) is 0 Å². The Kier molecular flexibility index (Phi) is 3.51. The SMILES string of the molecule is CN(CCO)c1nc(Nc2ccc3cn[nH]c3c2)nc2[nH]ccc12. The maximum Gasteiger partial charge on any atom is 0.231 e. The van der Waals surface area contributed by atoms with Gasteiger partial charge in [0.15, 0.2) is 0 Å². The second kappa shape index (κ2) is 5.82. The smallest absolute Gasteiger partial charge is 0.231 e. The number of benzene rings is 1. The largest absolute Gasteiger partial charge is 0.395 e. The Bertz CT molecular complexity index is 990. The van der Waals surface area contributed by atoms with Crippen molar-refractivity contribution < 1.29 is 5.11 Å². The molecular formula is C16H17N7O. The number of anilines is 3. The Morgan fingerprint density at radius 2 is 2.17 bits per heavy atom. The molecule has 0 saturated heterocycles. The highest BCUT2D eigenvalue weighted by Gasteiger charge is 2.12. The summed E-state index contributed by atoms with van der Waals surface area (Å²) in [6, 6.07) is 7.82. The van der Waals surface area contributed by atoms with E-state index in [1.807, 2.05) is 42.4 Å². The first-order valence-corrected chi connectivity index (χ1v) is 7.62. The van der Waals surface area contributed by atoms with E-state index < -0.39 is 0 Å². The van der Waals surface area contributed by atoms with E-state index in [1.54, 1.807) is 6.20 Å². The monoisotopic (exact) mass is 323 g/mol. The fourth-order valence-electron chi connectivity index (χ4n) is 2.67. The van der Waals surface area contributed by atoms with Crippen LogP contribution in [0.1, 0.15) is 0 Å².